The molecular formula is C26H37N5O3. The van der Waals surface area contributed by atoms with Gasteiger partial charge in [-0.2, -0.15) is 0 Å². The summed E-state index contributed by atoms with van der Waals surface area (Å²) in [5, 5.41) is 5.93. The first-order chi connectivity index (χ1) is 16.6. The third-order valence-electron chi connectivity index (χ3n) is 6.46. The van der Waals surface area contributed by atoms with Gasteiger partial charge in [0.05, 0.1) is 13.2 Å². The number of urea groups is 1. The average Bonchev–Trinajstić information content (AvgIpc) is 2.85. The van der Waals surface area contributed by atoms with Crippen LogP contribution < -0.4 is 20.3 Å². The molecule has 0 spiro atoms. The second-order valence-electron chi connectivity index (χ2n) is 9.05. The van der Waals surface area contributed by atoms with E-state index in [0.29, 0.717) is 13.2 Å². The molecule has 0 bridgehead atoms. The maximum Gasteiger partial charge on any atom is 0.319 e. The van der Waals surface area contributed by atoms with Gasteiger partial charge in [0.1, 0.15) is 12.4 Å². The van der Waals surface area contributed by atoms with Crippen molar-refractivity contribution in [3.63, 3.8) is 0 Å². The van der Waals surface area contributed by atoms with Crippen LogP contribution in [0.5, 0.6) is 5.75 Å². The van der Waals surface area contributed by atoms with Crippen molar-refractivity contribution in [1.29, 1.82) is 0 Å². The van der Waals surface area contributed by atoms with Gasteiger partial charge in [-0.15, -0.1) is 0 Å². The summed E-state index contributed by atoms with van der Waals surface area (Å²) in [4.78, 5) is 19.6. The second-order valence-corrected chi connectivity index (χ2v) is 9.05. The highest BCUT2D eigenvalue weighted by Gasteiger charge is 2.15. The van der Waals surface area contributed by atoms with E-state index in [2.05, 4.69) is 44.5 Å². The number of likely N-dealkylation sites (N-methyl/N-ethyl adjacent to an activating group) is 1. The number of morpholine rings is 1. The van der Waals surface area contributed by atoms with Crippen molar-refractivity contribution < 1.29 is 14.3 Å². The van der Waals surface area contributed by atoms with Crippen LogP contribution in [0, 0.1) is 6.92 Å². The van der Waals surface area contributed by atoms with E-state index in [1.54, 1.807) is 0 Å². The number of ether oxygens (including phenoxy) is 2. The third kappa shape index (κ3) is 7.09. The normalized spacial score (nSPS) is 17.4. The molecule has 0 aromatic heterocycles. The number of aryl methyl sites for hydroxylation is 1. The fraction of sp³-hybridized carbons (Fsp3) is 0.500. The molecule has 0 radical (unpaired) electrons. The SMILES string of the molecule is Cc1cc(N2CCN(C)CC2)ccc1NC(=O)NCc1cccc(OCCN2CCOCC2)c1. The van der Waals surface area contributed by atoms with Gasteiger partial charge in [-0.25, -0.2) is 4.79 Å². The highest BCUT2D eigenvalue weighted by atomic mass is 16.5. The van der Waals surface area contributed by atoms with E-state index < -0.39 is 0 Å². The molecule has 34 heavy (non-hydrogen) atoms. The summed E-state index contributed by atoms with van der Waals surface area (Å²) in [7, 11) is 2.16. The highest BCUT2D eigenvalue weighted by Crippen LogP contribution is 2.23. The van der Waals surface area contributed by atoms with Gasteiger partial charge in [-0.05, 0) is 55.4 Å². The molecule has 0 unspecified atom stereocenters. The number of nitrogens with zero attached hydrogens (tertiary/aromatic N) is 3. The van der Waals surface area contributed by atoms with Crippen molar-refractivity contribution >= 4 is 17.4 Å². The summed E-state index contributed by atoms with van der Waals surface area (Å²) in [5.41, 5.74) is 4.10. The van der Waals surface area contributed by atoms with Crippen LogP contribution in [0.4, 0.5) is 16.2 Å². The maximum absolute atomic E-state index is 12.5. The van der Waals surface area contributed by atoms with E-state index in [4.69, 9.17) is 9.47 Å². The van der Waals surface area contributed by atoms with Gasteiger partial charge in [0.15, 0.2) is 0 Å². The molecule has 4 rings (SSSR count). The number of nitrogens with one attached hydrogen (secondary N) is 2. The molecule has 2 fully saturated rings. The molecule has 2 saturated heterocycles. The summed E-state index contributed by atoms with van der Waals surface area (Å²) in [6.45, 7) is 11.7. The van der Waals surface area contributed by atoms with Gasteiger partial charge in [0.2, 0.25) is 0 Å². The molecule has 0 saturated carbocycles. The minimum absolute atomic E-state index is 0.214. The van der Waals surface area contributed by atoms with Crippen molar-refractivity contribution in [1.82, 2.24) is 15.1 Å². The van der Waals surface area contributed by atoms with Crippen LogP contribution in [0.15, 0.2) is 42.5 Å². The molecule has 0 atom stereocenters. The standard InChI is InChI=1S/C26H37N5O3/c1-21-18-23(31-10-8-29(2)9-11-31)6-7-25(21)28-26(32)27-20-22-4-3-5-24(19-22)34-17-14-30-12-15-33-16-13-30/h3-7,18-19H,8-17,20H2,1-2H3,(H2,27,28,32). The molecule has 2 aliphatic rings. The molecule has 8 nitrogen and oxygen atoms in total. The number of carbonyl (C=O) groups excluding carboxylic acids is 1. The molecule has 2 N–H and O–H groups in total. The van der Waals surface area contributed by atoms with Crippen molar-refractivity contribution in [3.8, 4) is 5.75 Å². The zero-order chi connectivity index (χ0) is 23.8. The number of piperazine rings is 1. The minimum atomic E-state index is -0.214. The fourth-order valence-corrected chi connectivity index (χ4v) is 4.26. The largest absolute Gasteiger partial charge is 0.492 e. The van der Waals surface area contributed by atoms with Gasteiger partial charge in [-0.3, -0.25) is 4.90 Å². The van der Waals surface area contributed by atoms with Crippen molar-refractivity contribution in [2.24, 2.45) is 0 Å². The molecule has 2 aromatic carbocycles. The van der Waals surface area contributed by atoms with E-state index in [0.717, 1.165) is 81.6 Å². The molecule has 2 aromatic rings. The molecule has 2 heterocycles. The van der Waals surface area contributed by atoms with E-state index in [9.17, 15) is 4.79 Å². The molecule has 184 valence electrons. The number of benzene rings is 2. The van der Waals surface area contributed by atoms with Gasteiger partial charge in [0.25, 0.3) is 0 Å². The van der Waals surface area contributed by atoms with Crippen LogP contribution in [0.2, 0.25) is 0 Å². The Bertz CT molecular complexity index is 940. The summed E-state index contributed by atoms with van der Waals surface area (Å²) < 4.78 is 11.3. The average molecular weight is 468 g/mol. The lowest BCUT2D eigenvalue weighted by molar-refractivity contribution is 0.0322. The summed E-state index contributed by atoms with van der Waals surface area (Å²) in [5.74, 6) is 0.823. The van der Waals surface area contributed by atoms with Crippen molar-refractivity contribution in [2.75, 3.05) is 82.9 Å². The van der Waals surface area contributed by atoms with Crippen LogP contribution >= 0.6 is 0 Å². The Morgan fingerprint density at radius 2 is 1.82 bits per heavy atom. The first-order valence-electron chi connectivity index (χ1n) is 12.2. The summed E-state index contributed by atoms with van der Waals surface area (Å²) in [6, 6.07) is 13.9. The van der Waals surface area contributed by atoms with Crippen LogP contribution in [-0.4, -0.2) is 88.5 Å². The number of carbonyl (C=O) groups is 1. The Labute approximate surface area is 202 Å². The topological polar surface area (TPSA) is 69.3 Å². The minimum Gasteiger partial charge on any atom is -0.492 e. The summed E-state index contributed by atoms with van der Waals surface area (Å²) in [6.07, 6.45) is 0. The zero-order valence-corrected chi connectivity index (χ0v) is 20.4. The number of anilines is 2. The number of rotatable bonds is 8. The first-order valence-corrected chi connectivity index (χ1v) is 12.2. The van der Waals surface area contributed by atoms with Crippen LogP contribution in [0.1, 0.15) is 11.1 Å². The lowest BCUT2D eigenvalue weighted by Gasteiger charge is -2.34. The quantitative estimate of drug-likeness (QED) is 0.622. The Morgan fingerprint density at radius 3 is 2.59 bits per heavy atom. The van der Waals surface area contributed by atoms with Gasteiger partial charge in [0, 0.05) is 63.7 Å². The Balaban J connectivity index is 1.22. The first kappa shape index (κ1) is 24.3. The van der Waals surface area contributed by atoms with Crippen molar-refractivity contribution in [3.05, 3.63) is 53.6 Å². The Morgan fingerprint density at radius 1 is 1.03 bits per heavy atom. The van der Waals surface area contributed by atoms with E-state index in [1.165, 1.54) is 5.69 Å². The number of amides is 2. The van der Waals surface area contributed by atoms with Crippen LogP contribution in [0.3, 0.4) is 0 Å². The Hall–Kier alpha value is -2.81. The van der Waals surface area contributed by atoms with E-state index >= 15 is 0 Å². The third-order valence-corrected chi connectivity index (χ3v) is 6.46. The predicted molar refractivity (Wildman–Crippen MR) is 136 cm³/mol. The van der Waals surface area contributed by atoms with E-state index in [-0.39, 0.29) is 6.03 Å². The molecule has 8 heteroatoms. The molecule has 2 amide bonds. The zero-order valence-electron chi connectivity index (χ0n) is 20.4. The van der Waals surface area contributed by atoms with Crippen molar-refractivity contribution in [2.45, 2.75) is 13.5 Å². The maximum atomic E-state index is 12.5. The molecule has 0 aliphatic carbocycles. The van der Waals surface area contributed by atoms with Gasteiger partial charge < -0.3 is 29.9 Å². The second kappa shape index (κ2) is 12.1. The monoisotopic (exact) mass is 467 g/mol. The highest BCUT2D eigenvalue weighted by molar-refractivity contribution is 5.90. The predicted octanol–water partition coefficient (Wildman–Crippen LogP) is 2.78. The molecule has 2 aliphatic heterocycles. The lowest BCUT2D eigenvalue weighted by Crippen LogP contribution is -2.44. The fourth-order valence-electron chi connectivity index (χ4n) is 4.26. The van der Waals surface area contributed by atoms with Crippen LogP contribution in [0.25, 0.3) is 0 Å². The molecular weight excluding hydrogens is 430 g/mol. The van der Waals surface area contributed by atoms with E-state index in [1.807, 2.05) is 37.3 Å². The van der Waals surface area contributed by atoms with Gasteiger partial charge >= 0.3 is 6.03 Å². The lowest BCUT2D eigenvalue weighted by atomic mass is 10.1. The number of hydrogen-bond acceptors (Lipinski definition) is 6. The number of hydrogen-bond donors (Lipinski definition) is 2. The van der Waals surface area contributed by atoms with Gasteiger partial charge in [-0.1, -0.05) is 12.1 Å². The van der Waals surface area contributed by atoms with Crippen LogP contribution in [-0.2, 0) is 11.3 Å². The summed E-state index contributed by atoms with van der Waals surface area (Å²) >= 11 is 0. The Kier molecular flexibility index (Phi) is 8.62. The smallest absolute Gasteiger partial charge is 0.319 e.